The number of anilines is 1. The van der Waals surface area contributed by atoms with E-state index in [0.29, 0.717) is 18.2 Å². The number of nitrogen functional groups attached to an aromatic ring is 1. The van der Waals surface area contributed by atoms with Crippen LogP contribution in [0.25, 0.3) is 22.2 Å². The second-order valence-electron chi connectivity index (χ2n) is 4.76. The number of hydrogen-bond donors (Lipinski definition) is 2. The van der Waals surface area contributed by atoms with E-state index >= 15 is 0 Å². The molecule has 3 heterocycles. The molecule has 1 aliphatic heterocycles. The molecule has 96 valence electrons. The van der Waals surface area contributed by atoms with E-state index < -0.39 is 0 Å². The van der Waals surface area contributed by atoms with Gasteiger partial charge in [0, 0.05) is 40.2 Å². The van der Waals surface area contributed by atoms with Crippen LogP contribution in [-0.2, 0) is 17.8 Å². The molecule has 19 heavy (non-hydrogen) atoms. The first-order valence-corrected chi connectivity index (χ1v) is 6.25. The van der Waals surface area contributed by atoms with Crippen LogP contribution in [-0.4, -0.2) is 16.7 Å². The fourth-order valence-corrected chi connectivity index (χ4v) is 2.61. The Morgan fingerprint density at radius 2 is 2.21 bits per heavy atom. The molecule has 0 saturated carbocycles. The maximum atomic E-state index is 5.59. The Morgan fingerprint density at radius 3 is 3.05 bits per heavy atom. The number of nitrogens with one attached hydrogen (secondary N) is 1. The number of ether oxygens (including phenoxy) is 1. The van der Waals surface area contributed by atoms with Gasteiger partial charge in [-0.1, -0.05) is 5.16 Å². The molecule has 0 saturated heterocycles. The molecule has 0 unspecified atom stereocenters. The number of H-pyrrole nitrogens is 1. The van der Waals surface area contributed by atoms with E-state index in [2.05, 4.69) is 22.3 Å². The van der Waals surface area contributed by atoms with Gasteiger partial charge in [-0.3, -0.25) is 0 Å². The Labute approximate surface area is 109 Å². The van der Waals surface area contributed by atoms with E-state index in [1.165, 1.54) is 16.6 Å². The number of nitrogens with zero attached hydrogens (tertiary/aromatic N) is 1. The van der Waals surface area contributed by atoms with Crippen LogP contribution in [0.4, 0.5) is 5.82 Å². The number of fused-ring (bicyclic) bond motifs is 3. The zero-order valence-electron chi connectivity index (χ0n) is 10.3. The first-order chi connectivity index (χ1) is 9.31. The summed E-state index contributed by atoms with van der Waals surface area (Å²) in [7, 11) is 0. The van der Waals surface area contributed by atoms with Crippen molar-refractivity contribution in [3.63, 3.8) is 0 Å². The smallest absolute Gasteiger partial charge is 0.169 e. The third-order valence-corrected chi connectivity index (χ3v) is 3.55. The average Bonchev–Trinajstić information content (AvgIpc) is 3.01. The minimum Gasteiger partial charge on any atom is -0.381 e. The highest BCUT2D eigenvalue weighted by Gasteiger charge is 2.16. The SMILES string of the molecule is Nc1cc(-c2ccc3[nH]c4c(c3c2)COCC4)on1. The van der Waals surface area contributed by atoms with Gasteiger partial charge in [-0.15, -0.1) is 0 Å². The molecule has 5 heteroatoms. The lowest BCUT2D eigenvalue weighted by Crippen LogP contribution is -2.08. The van der Waals surface area contributed by atoms with Gasteiger partial charge in [-0.25, -0.2) is 0 Å². The summed E-state index contributed by atoms with van der Waals surface area (Å²) in [6, 6.07) is 7.89. The summed E-state index contributed by atoms with van der Waals surface area (Å²) >= 11 is 0. The van der Waals surface area contributed by atoms with E-state index in [4.69, 9.17) is 15.0 Å². The standard InChI is InChI=1S/C14H13N3O2/c15-14-6-13(19-17-14)8-1-2-11-9(5-8)10-7-18-4-3-12(10)16-11/h1-2,5-6,16H,3-4,7H2,(H2,15,17). The molecule has 0 bridgehead atoms. The van der Waals surface area contributed by atoms with Crippen LogP contribution in [0, 0.1) is 0 Å². The van der Waals surface area contributed by atoms with Crippen LogP contribution in [0.3, 0.4) is 0 Å². The molecule has 0 amide bonds. The van der Waals surface area contributed by atoms with Crippen molar-refractivity contribution in [3.05, 3.63) is 35.5 Å². The fraction of sp³-hybridized carbons (Fsp3) is 0.214. The minimum absolute atomic E-state index is 0.398. The second-order valence-corrected chi connectivity index (χ2v) is 4.76. The van der Waals surface area contributed by atoms with Gasteiger partial charge in [0.15, 0.2) is 11.6 Å². The molecule has 3 N–H and O–H groups in total. The first kappa shape index (κ1) is 10.6. The molecule has 1 aliphatic rings. The highest BCUT2D eigenvalue weighted by molar-refractivity contribution is 5.88. The fourth-order valence-electron chi connectivity index (χ4n) is 2.61. The second kappa shape index (κ2) is 3.86. The lowest BCUT2D eigenvalue weighted by molar-refractivity contribution is 0.111. The van der Waals surface area contributed by atoms with E-state index in [1.54, 1.807) is 6.07 Å². The average molecular weight is 255 g/mol. The maximum Gasteiger partial charge on any atom is 0.169 e. The van der Waals surface area contributed by atoms with Gasteiger partial charge in [0.1, 0.15) is 0 Å². The lowest BCUT2D eigenvalue weighted by Gasteiger charge is -2.11. The third kappa shape index (κ3) is 1.62. The van der Waals surface area contributed by atoms with Crippen LogP contribution in [0.2, 0.25) is 0 Å². The van der Waals surface area contributed by atoms with Crippen molar-refractivity contribution in [1.29, 1.82) is 0 Å². The molecule has 0 aliphatic carbocycles. The summed E-state index contributed by atoms with van der Waals surface area (Å²) in [5.74, 6) is 1.08. The largest absolute Gasteiger partial charge is 0.381 e. The summed E-state index contributed by atoms with van der Waals surface area (Å²) in [5.41, 5.74) is 10.2. The molecular weight excluding hydrogens is 242 g/mol. The van der Waals surface area contributed by atoms with Crippen molar-refractivity contribution < 1.29 is 9.26 Å². The van der Waals surface area contributed by atoms with Crippen LogP contribution in [0.5, 0.6) is 0 Å². The van der Waals surface area contributed by atoms with Crippen molar-refractivity contribution in [2.24, 2.45) is 0 Å². The van der Waals surface area contributed by atoms with Gasteiger partial charge in [0.05, 0.1) is 13.2 Å². The monoisotopic (exact) mass is 255 g/mol. The van der Waals surface area contributed by atoms with E-state index in [9.17, 15) is 0 Å². The molecule has 0 atom stereocenters. The van der Waals surface area contributed by atoms with Crippen LogP contribution in [0.1, 0.15) is 11.3 Å². The van der Waals surface area contributed by atoms with Crippen molar-refractivity contribution in [1.82, 2.24) is 10.1 Å². The Kier molecular flexibility index (Phi) is 2.16. The number of aromatic amines is 1. The maximum absolute atomic E-state index is 5.59. The quantitative estimate of drug-likeness (QED) is 0.700. The number of benzene rings is 1. The Balaban J connectivity index is 1.90. The molecule has 0 radical (unpaired) electrons. The van der Waals surface area contributed by atoms with Gasteiger partial charge in [-0.2, -0.15) is 0 Å². The normalized spacial score (nSPS) is 14.7. The molecule has 4 rings (SSSR count). The highest BCUT2D eigenvalue weighted by atomic mass is 16.5. The van der Waals surface area contributed by atoms with Gasteiger partial charge in [0.2, 0.25) is 0 Å². The minimum atomic E-state index is 0.398. The lowest BCUT2D eigenvalue weighted by atomic mass is 10.0. The van der Waals surface area contributed by atoms with E-state index in [0.717, 1.165) is 24.1 Å². The highest BCUT2D eigenvalue weighted by Crippen LogP contribution is 2.31. The Bertz CT molecular complexity index is 757. The molecular formula is C14H13N3O2. The summed E-state index contributed by atoms with van der Waals surface area (Å²) in [6.07, 6.45) is 0.939. The third-order valence-electron chi connectivity index (χ3n) is 3.55. The number of hydrogen-bond acceptors (Lipinski definition) is 4. The van der Waals surface area contributed by atoms with E-state index in [-0.39, 0.29) is 0 Å². The molecule has 1 aromatic carbocycles. The van der Waals surface area contributed by atoms with Gasteiger partial charge in [-0.05, 0) is 18.2 Å². The van der Waals surface area contributed by atoms with E-state index in [1.807, 2.05) is 6.07 Å². The molecule has 3 aromatic rings. The summed E-state index contributed by atoms with van der Waals surface area (Å²) in [6.45, 7) is 1.45. The van der Waals surface area contributed by atoms with Gasteiger partial charge in [0.25, 0.3) is 0 Å². The van der Waals surface area contributed by atoms with Crippen molar-refractivity contribution in [3.8, 4) is 11.3 Å². The number of aromatic nitrogens is 2. The van der Waals surface area contributed by atoms with Crippen molar-refractivity contribution in [2.45, 2.75) is 13.0 Å². The van der Waals surface area contributed by atoms with Crippen molar-refractivity contribution in [2.75, 3.05) is 12.3 Å². The Hall–Kier alpha value is -2.27. The number of rotatable bonds is 1. The molecule has 0 spiro atoms. The summed E-state index contributed by atoms with van der Waals surface area (Å²) < 4.78 is 10.7. The molecule has 5 nitrogen and oxygen atoms in total. The molecule has 0 fully saturated rings. The van der Waals surface area contributed by atoms with Crippen LogP contribution < -0.4 is 5.73 Å². The first-order valence-electron chi connectivity index (χ1n) is 6.25. The van der Waals surface area contributed by atoms with Gasteiger partial charge >= 0.3 is 0 Å². The van der Waals surface area contributed by atoms with Crippen molar-refractivity contribution >= 4 is 16.7 Å². The van der Waals surface area contributed by atoms with Gasteiger partial charge < -0.3 is 20.0 Å². The van der Waals surface area contributed by atoms with Crippen LogP contribution >= 0.6 is 0 Å². The summed E-state index contributed by atoms with van der Waals surface area (Å²) in [4.78, 5) is 3.45. The summed E-state index contributed by atoms with van der Waals surface area (Å²) in [5, 5.41) is 4.90. The zero-order valence-corrected chi connectivity index (χ0v) is 10.3. The Morgan fingerprint density at radius 1 is 1.26 bits per heavy atom. The van der Waals surface area contributed by atoms with Crippen LogP contribution in [0.15, 0.2) is 28.8 Å². The predicted octanol–water partition coefficient (Wildman–Crippen LogP) is 2.48. The zero-order chi connectivity index (χ0) is 12.8. The topological polar surface area (TPSA) is 77.1 Å². The number of nitrogens with two attached hydrogens (primary N) is 1. The molecule has 2 aromatic heterocycles. The predicted molar refractivity (Wildman–Crippen MR) is 71.6 cm³/mol.